The summed E-state index contributed by atoms with van der Waals surface area (Å²) in [6.45, 7) is 5.50. The van der Waals surface area contributed by atoms with Gasteiger partial charge in [-0.3, -0.25) is 0 Å². The molecule has 1 aliphatic rings. The van der Waals surface area contributed by atoms with E-state index in [4.69, 9.17) is 16.3 Å². The Kier molecular flexibility index (Phi) is 5.18. The Hall–Kier alpha value is -1.77. The van der Waals surface area contributed by atoms with E-state index in [1.165, 1.54) is 12.1 Å². The van der Waals surface area contributed by atoms with E-state index in [0.717, 1.165) is 12.1 Å². The lowest BCUT2D eigenvalue weighted by Gasteiger charge is -2.30. The van der Waals surface area contributed by atoms with Crippen molar-refractivity contribution in [3.63, 3.8) is 0 Å². The zero-order valence-electron chi connectivity index (χ0n) is 14.4. The second kappa shape index (κ2) is 7.09. The average molecular weight is 400 g/mol. The zero-order valence-corrected chi connectivity index (χ0v) is 16.0. The lowest BCUT2D eigenvalue weighted by molar-refractivity contribution is 0.122. The van der Waals surface area contributed by atoms with Crippen LogP contribution in [0.4, 0.5) is 10.2 Å². The van der Waals surface area contributed by atoms with Crippen molar-refractivity contribution in [3.8, 4) is 0 Å². The molecule has 140 valence electrons. The molecular formula is C17H19ClFN3O3S. The molecule has 3 rings (SSSR count). The Morgan fingerprint density at radius 3 is 2.38 bits per heavy atom. The van der Waals surface area contributed by atoms with E-state index in [-0.39, 0.29) is 15.9 Å². The molecule has 6 nitrogen and oxygen atoms in total. The summed E-state index contributed by atoms with van der Waals surface area (Å²) in [5, 5.41) is -0.0219. The lowest BCUT2D eigenvalue weighted by atomic mass is 10.1. The van der Waals surface area contributed by atoms with Crippen molar-refractivity contribution in [2.45, 2.75) is 23.5 Å². The Labute approximate surface area is 156 Å². The van der Waals surface area contributed by atoms with Gasteiger partial charge in [0, 0.05) is 19.2 Å². The van der Waals surface area contributed by atoms with Gasteiger partial charge in [-0.1, -0.05) is 0 Å². The third-order valence-electron chi connectivity index (χ3n) is 4.43. The predicted octanol–water partition coefficient (Wildman–Crippen LogP) is 2.81. The van der Waals surface area contributed by atoms with Gasteiger partial charge < -0.3 is 9.64 Å². The van der Waals surface area contributed by atoms with Gasteiger partial charge >= 0.3 is 0 Å². The normalized spacial score (nSPS) is 15.9. The molecule has 1 aromatic carbocycles. The number of anilines is 1. The van der Waals surface area contributed by atoms with Crippen molar-refractivity contribution >= 4 is 27.3 Å². The van der Waals surface area contributed by atoms with Crippen LogP contribution in [0.15, 0.2) is 35.2 Å². The quantitative estimate of drug-likeness (QED) is 0.581. The highest BCUT2D eigenvalue weighted by Gasteiger charge is 2.39. The van der Waals surface area contributed by atoms with E-state index in [1.807, 2.05) is 4.90 Å². The van der Waals surface area contributed by atoms with E-state index < -0.39 is 20.4 Å². The van der Waals surface area contributed by atoms with Crippen molar-refractivity contribution in [1.29, 1.82) is 0 Å². The summed E-state index contributed by atoms with van der Waals surface area (Å²) >= 11 is 6.07. The topological polar surface area (TPSA) is 72.4 Å². The summed E-state index contributed by atoms with van der Waals surface area (Å²) in [5.74, 6) is 0.0621. The maximum atomic E-state index is 13.2. The third kappa shape index (κ3) is 3.54. The van der Waals surface area contributed by atoms with Crippen molar-refractivity contribution < 1.29 is 17.5 Å². The summed E-state index contributed by atoms with van der Waals surface area (Å²) in [6.07, 6.45) is 0. The molecule has 0 aliphatic carbocycles. The maximum absolute atomic E-state index is 13.2. The molecule has 1 aromatic heterocycles. The number of hydrogen-bond acceptors (Lipinski definition) is 6. The number of hydrogen-bond donors (Lipinski definition) is 0. The molecule has 9 heteroatoms. The van der Waals surface area contributed by atoms with Gasteiger partial charge in [-0.15, -0.1) is 0 Å². The fraction of sp³-hybridized carbons (Fsp3) is 0.412. The molecule has 1 saturated heterocycles. The fourth-order valence-electron chi connectivity index (χ4n) is 2.71. The second-order valence-electron chi connectivity index (χ2n) is 6.45. The zero-order chi connectivity index (χ0) is 18.9. The van der Waals surface area contributed by atoms with Gasteiger partial charge in [-0.25, -0.2) is 22.8 Å². The van der Waals surface area contributed by atoms with Gasteiger partial charge in [-0.2, -0.15) is 0 Å². The Morgan fingerprint density at radius 2 is 1.77 bits per heavy atom. The van der Waals surface area contributed by atoms with Crippen LogP contribution < -0.4 is 4.90 Å². The van der Waals surface area contributed by atoms with E-state index in [1.54, 1.807) is 19.9 Å². The second-order valence-corrected chi connectivity index (χ2v) is 9.28. The number of aromatic nitrogens is 2. The molecular weight excluding hydrogens is 381 g/mol. The van der Waals surface area contributed by atoms with E-state index in [0.29, 0.717) is 32.1 Å². The highest BCUT2D eigenvalue weighted by molar-refractivity contribution is 7.92. The SMILES string of the molecule is CC(C)(c1cc(N2CCOCC2)nc(Cl)n1)S(=O)(=O)c1ccc(F)cc1. The van der Waals surface area contributed by atoms with Crippen LogP contribution in [0.5, 0.6) is 0 Å². The van der Waals surface area contributed by atoms with E-state index in [2.05, 4.69) is 9.97 Å². The van der Waals surface area contributed by atoms with Gasteiger partial charge in [0.1, 0.15) is 16.4 Å². The Morgan fingerprint density at radius 1 is 1.15 bits per heavy atom. The van der Waals surface area contributed by atoms with E-state index >= 15 is 0 Å². The number of benzene rings is 1. The molecule has 0 saturated carbocycles. The smallest absolute Gasteiger partial charge is 0.224 e. The molecule has 2 aromatic rings. The van der Waals surface area contributed by atoms with Gasteiger partial charge in [-0.05, 0) is 49.7 Å². The van der Waals surface area contributed by atoms with Crippen molar-refractivity contribution in [1.82, 2.24) is 9.97 Å². The number of nitrogens with zero attached hydrogens (tertiary/aromatic N) is 3. The van der Waals surface area contributed by atoms with Crippen LogP contribution in [0.25, 0.3) is 0 Å². The fourth-order valence-corrected chi connectivity index (χ4v) is 4.36. The number of ether oxygens (including phenoxy) is 1. The molecule has 0 radical (unpaired) electrons. The minimum atomic E-state index is -3.83. The standard InChI is InChI=1S/C17H19ClFN3O3S/c1-17(2,26(23,24)13-5-3-12(19)4-6-13)14-11-15(21-16(18)20-14)22-7-9-25-10-8-22/h3-6,11H,7-10H2,1-2H3. The number of sulfone groups is 1. The maximum Gasteiger partial charge on any atom is 0.224 e. The van der Waals surface area contributed by atoms with Crippen molar-refractivity contribution in [3.05, 3.63) is 47.1 Å². The van der Waals surface area contributed by atoms with Crippen molar-refractivity contribution in [2.24, 2.45) is 0 Å². The first-order valence-electron chi connectivity index (χ1n) is 8.10. The summed E-state index contributed by atoms with van der Waals surface area (Å²) in [5.41, 5.74) is 0.281. The minimum Gasteiger partial charge on any atom is -0.378 e. The van der Waals surface area contributed by atoms with Crippen LogP contribution in [-0.2, 0) is 19.3 Å². The largest absolute Gasteiger partial charge is 0.378 e. The Balaban J connectivity index is 2.03. The number of rotatable bonds is 4. The van der Waals surface area contributed by atoms with E-state index in [9.17, 15) is 12.8 Å². The van der Waals surface area contributed by atoms with Crippen LogP contribution >= 0.6 is 11.6 Å². The van der Waals surface area contributed by atoms with Crippen LogP contribution in [0, 0.1) is 5.82 Å². The molecule has 26 heavy (non-hydrogen) atoms. The molecule has 0 spiro atoms. The first-order chi connectivity index (χ1) is 12.2. The molecule has 0 bridgehead atoms. The van der Waals surface area contributed by atoms with Crippen LogP contribution in [-0.4, -0.2) is 44.7 Å². The van der Waals surface area contributed by atoms with Crippen LogP contribution in [0.2, 0.25) is 5.28 Å². The molecule has 1 fully saturated rings. The van der Waals surface area contributed by atoms with Crippen molar-refractivity contribution in [2.75, 3.05) is 31.2 Å². The molecule has 0 amide bonds. The summed E-state index contributed by atoms with van der Waals surface area (Å²) < 4.78 is 43.3. The minimum absolute atomic E-state index is 0.0200. The van der Waals surface area contributed by atoms with Crippen LogP contribution in [0.3, 0.4) is 0 Å². The third-order valence-corrected chi connectivity index (χ3v) is 7.05. The first kappa shape index (κ1) is 19.0. The molecule has 0 unspecified atom stereocenters. The Bertz CT molecular complexity index is 898. The van der Waals surface area contributed by atoms with Gasteiger partial charge in [0.25, 0.3) is 0 Å². The van der Waals surface area contributed by atoms with Gasteiger partial charge in [0.2, 0.25) is 5.28 Å². The summed E-state index contributed by atoms with van der Waals surface area (Å²) in [6, 6.07) is 6.37. The molecule has 0 N–H and O–H groups in total. The molecule has 2 heterocycles. The molecule has 1 aliphatic heterocycles. The monoisotopic (exact) mass is 399 g/mol. The average Bonchev–Trinajstić information content (AvgIpc) is 2.62. The highest BCUT2D eigenvalue weighted by Crippen LogP contribution is 2.35. The summed E-state index contributed by atoms with van der Waals surface area (Å²) in [7, 11) is -3.83. The lowest BCUT2D eigenvalue weighted by Crippen LogP contribution is -2.37. The van der Waals surface area contributed by atoms with Gasteiger partial charge in [0.05, 0.1) is 23.8 Å². The molecule has 0 atom stereocenters. The number of halogens is 2. The number of morpholine rings is 1. The van der Waals surface area contributed by atoms with Gasteiger partial charge in [0.15, 0.2) is 9.84 Å². The van der Waals surface area contributed by atoms with Crippen LogP contribution in [0.1, 0.15) is 19.5 Å². The highest BCUT2D eigenvalue weighted by atomic mass is 35.5. The first-order valence-corrected chi connectivity index (χ1v) is 9.96. The summed E-state index contributed by atoms with van der Waals surface area (Å²) in [4.78, 5) is 10.4. The predicted molar refractivity (Wildman–Crippen MR) is 96.7 cm³/mol.